The summed E-state index contributed by atoms with van der Waals surface area (Å²) >= 11 is 4.89. The number of para-hydroxylation sites is 1. The van der Waals surface area contributed by atoms with Gasteiger partial charge in [0.25, 0.3) is 0 Å². The quantitative estimate of drug-likeness (QED) is 0.828. The Kier molecular flexibility index (Phi) is 4.56. The Morgan fingerprint density at radius 1 is 1.44 bits per heavy atom. The molecule has 6 heteroatoms. The highest BCUT2D eigenvalue weighted by Crippen LogP contribution is 2.26. The Morgan fingerprint density at radius 3 is 2.56 bits per heavy atom. The normalized spacial score (nSPS) is 13.2. The van der Waals surface area contributed by atoms with E-state index in [9.17, 15) is 13.2 Å². The summed E-state index contributed by atoms with van der Waals surface area (Å²) in [5.74, 6) is 0. The minimum absolute atomic E-state index is 0.167. The van der Waals surface area contributed by atoms with Crippen LogP contribution < -0.4 is 11.1 Å². The van der Waals surface area contributed by atoms with E-state index in [1.54, 1.807) is 25.1 Å². The van der Waals surface area contributed by atoms with Crippen molar-refractivity contribution in [2.75, 3.05) is 5.32 Å². The number of nitrogens with two attached hydrogens (primary N) is 1. The number of aryl methyl sites for hydroxylation is 1. The molecule has 1 unspecified atom stereocenters. The Labute approximate surface area is 109 Å². The molecule has 0 aliphatic carbocycles. The average Bonchev–Trinajstić information content (AvgIpc) is 2.17. The van der Waals surface area contributed by atoms with Gasteiger partial charge in [0.05, 0.1) is 6.42 Å². The highest BCUT2D eigenvalue weighted by molar-refractivity contribution is 7.80. The molecule has 0 saturated heterocycles. The molecule has 1 aromatic carbocycles. The molecule has 0 amide bonds. The van der Waals surface area contributed by atoms with Gasteiger partial charge < -0.3 is 11.1 Å². The maximum atomic E-state index is 12.3. The minimum atomic E-state index is -4.20. The van der Waals surface area contributed by atoms with E-state index in [1.807, 2.05) is 0 Å². The van der Waals surface area contributed by atoms with E-state index >= 15 is 0 Å². The van der Waals surface area contributed by atoms with Gasteiger partial charge in [0.1, 0.15) is 4.99 Å². The first-order valence-corrected chi connectivity index (χ1v) is 5.84. The van der Waals surface area contributed by atoms with Crippen molar-refractivity contribution in [1.82, 2.24) is 0 Å². The van der Waals surface area contributed by atoms with Crippen molar-refractivity contribution in [3.8, 4) is 0 Å². The zero-order valence-corrected chi connectivity index (χ0v) is 11.0. The van der Waals surface area contributed by atoms with Crippen LogP contribution in [0.2, 0.25) is 0 Å². The van der Waals surface area contributed by atoms with Crippen molar-refractivity contribution in [2.45, 2.75) is 32.5 Å². The SMILES string of the molecule is Cc1cccc(C(N)=S)c1NC(C)CC(F)(F)F. The lowest BCUT2D eigenvalue weighted by molar-refractivity contribution is -0.136. The summed E-state index contributed by atoms with van der Waals surface area (Å²) in [5.41, 5.74) is 7.51. The summed E-state index contributed by atoms with van der Waals surface area (Å²) in [6, 6.07) is 4.52. The highest BCUT2D eigenvalue weighted by atomic mass is 32.1. The number of nitrogens with one attached hydrogen (secondary N) is 1. The third-order valence-electron chi connectivity index (χ3n) is 2.47. The Morgan fingerprint density at radius 2 is 2.06 bits per heavy atom. The van der Waals surface area contributed by atoms with Gasteiger partial charge in [-0.15, -0.1) is 0 Å². The molecule has 18 heavy (non-hydrogen) atoms. The van der Waals surface area contributed by atoms with Crippen LogP contribution in [0.4, 0.5) is 18.9 Å². The highest BCUT2D eigenvalue weighted by Gasteiger charge is 2.30. The van der Waals surface area contributed by atoms with Crippen LogP contribution in [-0.4, -0.2) is 17.2 Å². The predicted molar refractivity (Wildman–Crippen MR) is 70.8 cm³/mol. The van der Waals surface area contributed by atoms with Crippen LogP contribution in [0.3, 0.4) is 0 Å². The van der Waals surface area contributed by atoms with E-state index in [0.29, 0.717) is 11.3 Å². The van der Waals surface area contributed by atoms with Gasteiger partial charge in [0.2, 0.25) is 0 Å². The van der Waals surface area contributed by atoms with Crippen molar-refractivity contribution in [2.24, 2.45) is 5.73 Å². The zero-order valence-electron chi connectivity index (χ0n) is 10.1. The summed E-state index contributed by atoms with van der Waals surface area (Å²) in [4.78, 5) is 0.167. The van der Waals surface area contributed by atoms with Gasteiger partial charge in [-0.3, -0.25) is 0 Å². The number of alkyl halides is 3. The van der Waals surface area contributed by atoms with Crippen molar-refractivity contribution < 1.29 is 13.2 Å². The first-order chi connectivity index (χ1) is 8.20. The minimum Gasteiger partial charge on any atom is -0.389 e. The zero-order chi connectivity index (χ0) is 13.9. The Balaban J connectivity index is 2.93. The van der Waals surface area contributed by atoms with Crippen LogP contribution in [0.25, 0.3) is 0 Å². The topological polar surface area (TPSA) is 38.0 Å². The summed E-state index contributed by atoms with van der Waals surface area (Å²) in [6.07, 6.45) is -5.10. The molecule has 0 saturated carbocycles. The summed E-state index contributed by atoms with van der Waals surface area (Å²) < 4.78 is 36.8. The molecule has 100 valence electrons. The van der Waals surface area contributed by atoms with Gasteiger partial charge in [0.15, 0.2) is 0 Å². The van der Waals surface area contributed by atoms with Crippen LogP contribution in [0, 0.1) is 6.92 Å². The summed E-state index contributed by atoms with van der Waals surface area (Å²) in [5, 5.41) is 2.83. The predicted octanol–water partition coefficient (Wildman–Crippen LogP) is 3.38. The van der Waals surface area contributed by atoms with Crippen LogP contribution in [0.1, 0.15) is 24.5 Å². The van der Waals surface area contributed by atoms with Gasteiger partial charge in [0, 0.05) is 17.3 Å². The fraction of sp³-hybridized carbons (Fsp3) is 0.417. The second-order valence-corrected chi connectivity index (χ2v) is 4.67. The number of hydrogen-bond donors (Lipinski definition) is 2. The second-order valence-electron chi connectivity index (χ2n) is 4.23. The molecule has 0 heterocycles. The summed E-state index contributed by atoms with van der Waals surface area (Å²) in [7, 11) is 0. The van der Waals surface area contributed by atoms with E-state index < -0.39 is 18.6 Å². The number of hydrogen-bond acceptors (Lipinski definition) is 2. The fourth-order valence-corrected chi connectivity index (χ4v) is 1.88. The molecule has 2 nitrogen and oxygen atoms in total. The third-order valence-corrected chi connectivity index (χ3v) is 2.69. The van der Waals surface area contributed by atoms with Crippen molar-refractivity contribution in [1.29, 1.82) is 0 Å². The first kappa shape index (κ1) is 14.8. The largest absolute Gasteiger partial charge is 0.391 e. The van der Waals surface area contributed by atoms with Gasteiger partial charge in [-0.05, 0) is 25.5 Å². The molecule has 0 aliphatic rings. The molecule has 1 aromatic rings. The van der Waals surface area contributed by atoms with Crippen LogP contribution in [0.15, 0.2) is 18.2 Å². The monoisotopic (exact) mass is 276 g/mol. The van der Waals surface area contributed by atoms with E-state index in [2.05, 4.69) is 5.32 Å². The van der Waals surface area contributed by atoms with Crippen molar-refractivity contribution in [3.63, 3.8) is 0 Å². The number of rotatable bonds is 4. The summed E-state index contributed by atoms with van der Waals surface area (Å²) in [6.45, 7) is 3.27. The third kappa shape index (κ3) is 4.18. The molecule has 1 rings (SSSR count). The van der Waals surface area contributed by atoms with Gasteiger partial charge in [-0.1, -0.05) is 24.4 Å². The van der Waals surface area contributed by atoms with Gasteiger partial charge in [-0.2, -0.15) is 13.2 Å². The van der Waals surface area contributed by atoms with Crippen LogP contribution in [-0.2, 0) is 0 Å². The van der Waals surface area contributed by atoms with E-state index in [0.717, 1.165) is 5.56 Å². The lowest BCUT2D eigenvalue weighted by Gasteiger charge is -2.20. The molecule has 0 radical (unpaired) electrons. The molecule has 0 aliphatic heterocycles. The number of halogens is 3. The van der Waals surface area contributed by atoms with E-state index in [1.165, 1.54) is 6.92 Å². The molecule has 3 N–H and O–H groups in total. The van der Waals surface area contributed by atoms with Gasteiger partial charge >= 0.3 is 6.18 Å². The number of benzene rings is 1. The molecule has 0 fully saturated rings. The molecular formula is C12H15F3N2S. The van der Waals surface area contributed by atoms with Crippen molar-refractivity contribution in [3.05, 3.63) is 29.3 Å². The molecular weight excluding hydrogens is 261 g/mol. The molecule has 0 bridgehead atoms. The van der Waals surface area contributed by atoms with Gasteiger partial charge in [-0.25, -0.2) is 0 Å². The second kappa shape index (κ2) is 5.56. The van der Waals surface area contributed by atoms with Crippen LogP contribution >= 0.6 is 12.2 Å². The number of thiocarbonyl (C=S) groups is 1. The maximum Gasteiger partial charge on any atom is 0.391 e. The Hall–Kier alpha value is -1.30. The molecule has 0 aromatic heterocycles. The smallest absolute Gasteiger partial charge is 0.389 e. The maximum absolute atomic E-state index is 12.3. The van der Waals surface area contributed by atoms with E-state index in [4.69, 9.17) is 18.0 Å². The van der Waals surface area contributed by atoms with Crippen LogP contribution in [0.5, 0.6) is 0 Å². The van der Waals surface area contributed by atoms with E-state index in [-0.39, 0.29) is 4.99 Å². The first-order valence-electron chi connectivity index (χ1n) is 5.43. The molecule has 1 atom stereocenters. The molecule has 0 spiro atoms. The standard InChI is InChI=1S/C12H15F3N2S/c1-7-4-3-5-9(11(16)18)10(7)17-8(2)6-12(13,14)15/h3-5,8,17H,6H2,1-2H3,(H2,16,18). The fourth-order valence-electron chi connectivity index (χ4n) is 1.71. The average molecular weight is 276 g/mol. The lowest BCUT2D eigenvalue weighted by atomic mass is 10.1. The number of anilines is 1. The van der Waals surface area contributed by atoms with Crippen molar-refractivity contribution >= 4 is 22.9 Å². The lowest BCUT2D eigenvalue weighted by Crippen LogP contribution is -2.26. The Bertz CT molecular complexity index is 443.